The lowest BCUT2D eigenvalue weighted by atomic mass is 10.0. The van der Waals surface area contributed by atoms with Crippen molar-refractivity contribution < 1.29 is 0 Å². The van der Waals surface area contributed by atoms with Crippen LogP contribution in [0.2, 0.25) is 0 Å². The Labute approximate surface area is 245 Å². The monoisotopic (exact) mass is 560 g/mol. The smallest absolute Gasteiger partial charge is 0.103 e. The van der Waals surface area contributed by atoms with Crippen molar-refractivity contribution in [3.8, 4) is 16.8 Å². The van der Waals surface area contributed by atoms with Crippen LogP contribution in [0, 0.1) is 0 Å². The highest BCUT2D eigenvalue weighted by atomic mass is 32.2. The largest absolute Gasteiger partial charge is 0.368 e. The van der Waals surface area contributed by atoms with Gasteiger partial charge in [-0.1, -0.05) is 103 Å². The first-order chi connectivity index (χ1) is 20.3. The molecule has 0 amide bonds. The fourth-order valence-corrected chi connectivity index (χ4v) is 8.60. The first-order valence-corrected chi connectivity index (χ1v) is 15.6. The topological polar surface area (TPSA) is 17.0 Å². The van der Waals surface area contributed by atoms with Crippen molar-refractivity contribution in [2.45, 2.75) is 10.3 Å². The Bertz CT molecular complexity index is 2260. The van der Waals surface area contributed by atoms with E-state index >= 15 is 0 Å². The zero-order chi connectivity index (χ0) is 26.9. The Morgan fingerprint density at radius 1 is 0.561 bits per heavy atom. The third-order valence-electron chi connectivity index (χ3n) is 8.26. The molecular weight excluding hydrogens is 537 g/mol. The Morgan fingerprint density at radius 3 is 2.17 bits per heavy atom. The minimum atomic E-state index is 0.200. The van der Waals surface area contributed by atoms with Gasteiger partial charge in [0.1, 0.15) is 5.37 Å². The lowest BCUT2D eigenvalue weighted by Gasteiger charge is -2.13. The van der Waals surface area contributed by atoms with E-state index in [1.165, 1.54) is 74.9 Å². The summed E-state index contributed by atoms with van der Waals surface area (Å²) >= 11 is 3.79. The fraction of sp³-hybridized carbons (Fsp3) is 0.0270. The number of fused-ring (bicyclic) bond motifs is 8. The van der Waals surface area contributed by atoms with E-state index in [-0.39, 0.29) is 5.37 Å². The molecule has 41 heavy (non-hydrogen) atoms. The summed E-state index contributed by atoms with van der Waals surface area (Å²) in [7, 11) is 0. The molecule has 9 rings (SSSR count). The van der Waals surface area contributed by atoms with E-state index in [0.717, 1.165) is 0 Å². The molecule has 1 unspecified atom stereocenters. The number of para-hydroxylation sites is 2. The van der Waals surface area contributed by atoms with E-state index < -0.39 is 0 Å². The Hall–Kier alpha value is -4.51. The number of rotatable bonds is 3. The van der Waals surface area contributed by atoms with E-state index in [0.29, 0.717) is 0 Å². The van der Waals surface area contributed by atoms with Gasteiger partial charge in [0.05, 0.1) is 16.7 Å². The molecule has 2 aromatic heterocycles. The molecule has 0 saturated carbocycles. The summed E-state index contributed by atoms with van der Waals surface area (Å²) in [6, 6.07) is 48.6. The number of anilines is 1. The van der Waals surface area contributed by atoms with Gasteiger partial charge in [-0.25, -0.2) is 0 Å². The average Bonchev–Trinajstić information content (AvgIpc) is 3.72. The van der Waals surface area contributed by atoms with Crippen LogP contribution in [-0.2, 0) is 0 Å². The van der Waals surface area contributed by atoms with Crippen molar-refractivity contribution in [1.82, 2.24) is 4.57 Å². The van der Waals surface area contributed by atoms with Crippen LogP contribution in [0.5, 0.6) is 0 Å². The van der Waals surface area contributed by atoms with E-state index in [2.05, 4.69) is 143 Å². The molecule has 6 aromatic carbocycles. The van der Waals surface area contributed by atoms with Crippen LogP contribution in [-0.4, -0.2) is 4.57 Å². The Morgan fingerprint density at radius 2 is 1.29 bits per heavy atom. The minimum Gasteiger partial charge on any atom is -0.368 e. The molecule has 1 aliphatic rings. The molecule has 0 bridgehead atoms. The molecule has 8 aromatic rings. The predicted molar refractivity (Wildman–Crippen MR) is 178 cm³/mol. The molecule has 0 aliphatic carbocycles. The quantitative estimate of drug-likeness (QED) is 0.231. The number of thiophene rings is 1. The molecule has 0 spiro atoms. The molecule has 4 heteroatoms. The van der Waals surface area contributed by atoms with Gasteiger partial charge in [-0.3, -0.25) is 0 Å². The zero-order valence-corrected chi connectivity index (χ0v) is 23.7. The lowest BCUT2D eigenvalue weighted by Crippen LogP contribution is -2.01. The average molecular weight is 561 g/mol. The van der Waals surface area contributed by atoms with Crippen LogP contribution in [0.15, 0.2) is 138 Å². The highest BCUT2D eigenvalue weighted by Crippen LogP contribution is 2.52. The van der Waals surface area contributed by atoms with Crippen LogP contribution in [0.1, 0.15) is 10.9 Å². The predicted octanol–water partition coefficient (Wildman–Crippen LogP) is 11.0. The summed E-state index contributed by atoms with van der Waals surface area (Å²) in [4.78, 5) is 1.33. The van der Waals surface area contributed by atoms with Crippen LogP contribution >= 0.6 is 23.1 Å². The van der Waals surface area contributed by atoms with Crippen LogP contribution < -0.4 is 5.32 Å². The van der Waals surface area contributed by atoms with Crippen molar-refractivity contribution in [2.75, 3.05) is 5.32 Å². The number of hydrogen-bond donors (Lipinski definition) is 1. The summed E-state index contributed by atoms with van der Waals surface area (Å²) in [5.41, 5.74) is 8.67. The summed E-state index contributed by atoms with van der Waals surface area (Å²) in [5, 5.41) is 9.33. The maximum absolute atomic E-state index is 3.86. The van der Waals surface area contributed by atoms with Gasteiger partial charge < -0.3 is 9.88 Å². The number of benzene rings is 6. The van der Waals surface area contributed by atoms with Gasteiger partial charge >= 0.3 is 0 Å². The number of aromatic nitrogens is 1. The third-order valence-corrected chi connectivity index (χ3v) is 10.6. The zero-order valence-electron chi connectivity index (χ0n) is 22.0. The van der Waals surface area contributed by atoms with E-state index in [1.807, 2.05) is 23.1 Å². The van der Waals surface area contributed by atoms with Gasteiger partial charge in [-0.2, -0.15) is 0 Å². The van der Waals surface area contributed by atoms with Crippen LogP contribution in [0.4, 0.5) is 5.69 Å². The van der Waals surface area contributed by atoms with Crippen molar-refractivity contribution >= 4 is 70.8 Å². The van der Waals surface area contributed by atoms with Crippen molar-refractivity contribution in [3.63, 3.8) is 0 Å². The first-order valence-electron chi connectivity index (χ1n) is 13.9. The van der Waals surface area contributed by atoms with E-state index in [4.69, 9.17) is 0 Å². The summed E-state index contributed by atoms with van der Waals surface area (Å²) in [6.45, 7) is 0. The van der Waals surface area contributed by atoms with Crippen LogP contribution in [0.3, 0.4) is 0 Å². The summed E-state index contributed by atoms with van der Waals surface area (Å²) in [5.74, 6) is 0. The molecule has 3 heterocycles. The molecule has 1 N–H and O–H groups in total. The maximum atomic E-state index is 3.86. The van der Waals surface area contributed by atoms with Crippen molar-refractivity contribution in [3.05, 3.63) is 139 Å². The highest BCUT2D eigenvalue weighted by molar-refractivity contribution is 8.00. The highest BCUT2D eigenvalue weighted by Gasteiger charge is 2.26. The Balaban J connectivity index is 1.09. The van der Waals surface area contributed by atoms with Gasteiger partial charge in [-0.05, 0) is 59.2 Å². The standard InChI is InChI=1S/C37H24N2S2/c1-2-8-26(9-3-1)39-30-12-6-4-10-27(30)28-19-18-25(22-31(28)39)23-14-16-24(17-15-23)37-38-36-34(41-37)21-20-33-35(36)29-11-5-7-13-32(29)40-33/h1-22,37-38H. The number of nitrogens with one attached hydrogen (secondary N) is 1. The van der Waals surface area contributed by atoms with Gasteiger partial charge in [0, 0.05) is 41.5 Å². The molecule has 0 fully saturated rings. The summed E-state index contributed by atoms with van der Waals surface area (Å²) in [6.07, 6.45) is 0. The minimum absolute atomic E-state index is 0.200. The second kappa shape index (κ2) is 9.00. The third kappa shape index (κ3) is 3.58. The normalized spacial score (nSPS) is 14.7. The van der Waals surface area contributed by atoms with Gasteiger partial charge in [0.15, 0.2) is 0 Å². The van der Waals surface area contributed by atoms with Gasteiger partial charge in [0.25, 0.3) is 0 Å². The molecule has 2 nitrogen and oxygen atoms in total. The van der Waals surface area contributed by atoms with Crippen molar-refractivity contribution in [2.24, 2.45) is 0 Å². The van der Waals surface area contributed by atoms with Gasteiger partial charge in [-0.15, -0.1) is 11.3 Å². The second-order valence-corrected chi connectivity index (χ2v) is 12.8. The lowest BCUT2D eigenvalue weighted by molar-refractivity contribution is 1.14. The molecule has 1 aliphatic heterocycles. The number of hydrogen-bond acceptors (Lipinski definition) is 3. The summed E-state index contributed by atoms with van der Waals surface area (Å²) < 4.78 is 5.07. The second-order valence-electron chi connectivity index (χ2n) is 10.6. The SMILES string of the molecule is c1ccc(-n2c3ccccc3c3ccc(-c4ccc(C5Nc6c(ccc7sc8ccccc8c67)S5)cc4)cc32)cc1. The molecule has 0 saturated heterocycles. The maximum Gasteiger partial charge on any atom is 0.103 e. The molecule has 1 atom stereocenters. The molecular formula is C37H24N2S2. The van der Waals surface area contributed by atoms with E-state index in [9.17, 15) is 0 Å². The van der Waals surface area contributed by atoms with Crippen molar-refractivity contribution in [1.29, 1.82) is 0 Å². The van der Waals surface area contributed by atoms with Gasteiger partial charge in [0.2, 0.25) is 0 Å². The first kappa shape index (κ1) is 23.2. The van der Waals surface area contributed by atoms with E-state index in [1.54, 1.807) is 0 Å². The molecule has 194 valence electrons. The van der Waals surface area contributed by atoms with Crippen LogP contribution in [0.25, 0.3) is 58.8 Å². The number of thioether (sulfide) groups is 1. The fourth-order valence-electron chi connectivity index (χ4n) is 6.33. The number of nitrogens with zero attached hydrogens (tertiary/aromatic N) is 1. The molecule has 0 radical (unpaired) electrons. The Kier molecular flexibility index (Phi) is 5.10.